The van der Waals surface area contributed by atoms with Crippen LogP contribution in [0, 0.1) is 6.92 Å². The molecule has 0 bridgehead atoms. The summed E-state index contributed by atoms with van der Waals surface area (Å²) < 4.78 is 3.09. The smallest absolute Gasteiger partial charge is 0.210 e. The molecule has 1 aliphatic rings. The van der Waals surface area contributed by atoms with E-state index in [-0.39, 0.29) is 0 Å². The molecule has 0 amide bonds. The van der Waals surface area contributed by atoms with Gasteiger partial charge < -0.3 is 5.32 Å². The maximum Gasteiger partial charge on any atom is 0.210 e. The Hall–Kier alpha value is -1.86. The van der Waals surface area contributed by atoms with Gasteiger partial charge in [-0.05, 0) is 43.5 Å². The minimum Gasteiger partial charge on any atom is -0.330 e. The van der Waals surface area contributed by atoms with Crippen molar-refractivity contribution in [1.82, 2.24) is 20.0 Å². The number of thioether (sulfide) groups is 1. The van der Waals surface area contributed by atoms with Crippen LogP contribution in [0.15, 0.2) is 34.7 Å². The molecule has 1 N–H and O–H groups in total. The zero-order chi connectivity index (χ0) is 15.6. The summed E-state index contributed by atoms with van der Waals surface area (Å²) >= 11 is 3.27. The summed E-state index contributed by atoms with van der Waals surface area (Å²) in [5.74, 6) is 0.846. The van der Waals surface area contributed by atoms with E-state index in [2.05, 4.69) is 50.4 Å². The molecule has 1 aromatic carbocycles. The number of rotatable bonds is 5. The number of aromatic nitrogens is 4. The molecule has 7 heteroatoms. The third kappa shape index (κ3) is 3.40. The first-order valence-electron chi connectivity index (χ1n) is 7.62. The van der Waals surface area contributed by atoms with Crippen molar-refractivity contribution < 1.29 is 0 Å². The van der Waals surface area contributed by atoms with Gasteiger partial charge in [0.25, 0.3) is 0 Å². The van der Waals surface area contributed by atoms with E-state index in [1.807, 2.05) is 12.1 Å². The zero-order valence-corrected chi connectivity index (χ0v) is 14.5. The van der Waals surface area contributed by atoms with Gasteiger partial charge in [-0.1, -0.05) is 35.2 Å². The zero-order valence-electron chi connectivity index (χ0n) is 12.8. The van der Waals surface area contributed by atoms with Crippen LogP contribution in [0.4, 0.5) is 10.8 Å². The number of hydrogen-bond acceptors (Lipinski definition) is 6. The van der Waals surface area contributed by atoms with Crippen molar-refractivity contribution in [3.8, 4) is 0 Å². The summed E-state index contributed by atoms with van der Waals surface area (Å²) in [6.07, 6.45) is 2.38. The largest absolute Gasteiger partial charge is 0.330 e. The van der Waals surface area contributed by atoms with Crippen molar-refractivity contribution >= 4 is 33.9 Å². The van der Waals surface area contributed by atoms with E-state index in [0.717, 1.165) is 39.6 Å². The fourth-order valence-electron chi connectivity index (χ4n) is 2.69. The number of aryl methyl sites for hydroxylation is 3. The second-order valence-electron chi connectivity index (χ2n) is 5.61. The number of benzene rings is 1. The van der Waals surface area contributed by atoms with Crippen molar-refractivity contribution in [1.29, 1.82) is 0 Å². The predicted molar refractivity (Wildman–Crippen MR) is 94.5 cm³/mol. The van der Waals surface area contributed by atoms with Gasteiger partial charge >= 0.3 is 0 Å². The van der Waals surface area contributed by atoms with Crippen molar-refractivity contribution in [3.05, 3.63) is 47.3 Å². The van der Waals surface area contributed by atoms with E-state index in [0.29, 0.717) is 0 Å². The second-order valence-corrected chi connectivity index (χ2v) is 7.81. The van der Waals surface area contributed by atoms with Crippen LogP contribution < -0.4 is 5.32 Å². The minimum absolute atomic E-state index is 0.824. The fourth-order valence-corrected chi connectivity index (χ4v) is 4.35. The molecule has 0 spiro atoms. The van der Waals surface area contributed by atoms with E-state index in [1.165, 1.54) is 17.7 Å². The molecule has 0 fully saturated rings. The predicted octanol–water partition coefficient (Wildman–Crippen LogP) is 4.03. The van der Waals surface area contributed by atoms with Gasteiger partial charge in [0, 0.05) is 23.7 Å². The lowest BCUT2D eigenvalue weighted by Crippen LogP contribution is -1.95. The van der Waals surface area contributed by atoms with Crippen LogP contribution in [0.1, 0.15) is 23.4 Å². The molecule has 3 heterocycles. The number of anilines is 2. The molecule has 0 radical (unpaired) electrons. The van der Waals surface area contributed by atoms with Crippen LogP contribution in [0.2, 0.25) is 0 Å². The fraction of sp³-hybridized carbons (Fsp3) is 0.312. The molecule has 0 aliphatic carbocycles. The van der Waals surface area contributed by atoms with Crippen LogP contribution in [-0.2, 0) is 18.7 Å². The summed E-state index contributed by atoms with van der Waals surface area (Å²) in [7, 11) is 0. The Bertz CT molecular complexity index is 802. The molecule has 0 unspecified atom stereocenters. The molecule has 5 nitrogen and oxygen atoms in total. The monoisotopic (exact) mass is 343 g/mol. The minimum atomic E-state index is 0.824. The summed E-state index contributed by atoms with van der Waals surface area (Å²) in [4.78, 5) is 0. The first-order valence-corrected chi connectivity index (χ1v) is 9.42. The van der Waals surface area contributed by atoms with Gasteiger partial charge in [-0.25, -0.2) is 0 Å². The van der Waals surface area contributed by atoms with Crippen LogP contribution in [-0.4, -0.2) is 20.0 Å². The average Bonchev–Trinajstić information content (AvgIpc) is 3.20. The van der Waals surface area contributed by atoms with Gasteiger partial charge in [0.2, 0.25) is 5.13 Å². The van der Waals surface area contributed by atoms with Gasteiger partial charge in [-0.2, -0.15) is 5.10 Å². The SMILES string of the molecule is Cc1cccc(Nc2nnc(SCc3cc4n(n3)CCC4)s2)c1. The maximum atomic E-state index is 4.63. The van der Waals surface area contributed by atoms with E-state index < -0.39 is 0 Å². The van der Waals surface area contributed by atoms with Crippen LogP contribution in [0.3, 0.4) is 0 Å². The lowest BCUT2D eigenvalue weighted by atomic mass is 10.2. The first kappa shape index (κ1) is 14.7. The Kier molecular flexibility index (Phi) is 4.05. The Morgan fingerprint density at radius 1 is 1.30 bits per heavy atom. The third-order valence-electron chi connectivity index (χ3n) is 3.74. The number of nitrogens with one attached hydrogen (secondary N) is 1. The average molecular weight is 343 g/mol. The summed E-state index contributed by atoms with van der Waals surface area (Å²) in [6, 6.07) is 10.5. The van der Waals surface area contributed by atoms with E-state index in [9.17, 15) is 0 Å². The lowest BCUT2D eigenvalue weighted by Gasteiger charge is -2.01. The molecule has 0 saturated heterocycles. The molecule has 0 saturated carbocycles. The topological polar surface area (TPSA) is 55.6 Å². The van der Waals surface area contributed by atoms with Gasteiger partial charge in [-0.3, -0.25) is 4.68 Å². The highest BCUT2D eigenvalue weighted by atomic mass is 32.2. The number of nitrogens with zero attached hydrogens (tertiary/aromatic N) is 4. The van der Waals surface area contributed by atoms with Gasteiger partial charge in [0.1, 0.15) is 0 Å². The Morgan fingerprint density at radius 3 is 3.13 bits per heavy atom. The van der Waals surface area contributed by atoms with Crippen LogP contribution in [0.5, 0.6) is 0 Å². The summed E-state index contributed by atoms with van der Waals surface area (Å²) in [5, 5.41) is 17.2. The number of hydrogen-bond donors (Lipinski definition) is 1. The van der Waals surface area contributed by atoms with E-state index >= 15 is 0 Å². The van der Waals surface area contributed by atoms with Crippen LogP contribution in [0.25, 0.3) is 0 Å². The van der Waals surface area contributed by atoms with Gasteiger partial charge in [0.05, 0.1) is 5.69 Å². The molecular weight excluding hydrogens is 326 g/mol. The normalized spacial score (nSPS) is 13.3. The van der Waals surface area contributed by atoms with Gasteiger partial charge in [0.15, 0.2) is 4.34 Å². The highest BCUT2D eigenvalue weighted by Gasteiger charge is 2.14. The first-order chi connectivity index (χ1) is 11.3. The van der Waals surface area contributed by atoms with E-state index in [4.69, 9.17) is 0 Å². The Balaban J connectivity index is 1.37. The Morgan fingerprint density at radius 2 is 2.26 bits per heavy atom. The maximum absolute atomic E-state index is 4.63. The summed E-state index contributed by atoms with van der Waals surface area (Å²) in [5.41, 5.74) is 4.76. The molecule has 118 valence electrons. The lowest BCUT2D eigenvalue weighted by molar-refractivity contribution is 0.649. The van der Waals surface area contributed by atoms with Crippen molar-refractivity contribution in [3.63, 3.8) is 0 Å². The third-order valence-corrected chi connectivity index (χ3v) is 5.74. The molecule has 1 aliphatic heterocycles. The summed E-state index contributed by atoms with van der Waals surface area (Å²) in [6.45, 7) is 3.14. The molecule has 3 aromatic rings. The molecule has 0 atom stereocenters. The Labute approximate surface area is 143 Å². The molecule has 2 aromatic heterocycles. The standard InChI is InChI=1S/C16H17N5S2/c1-11-4-2-5-12(8-11)17-15-18-19-16(23-15)22-10-13-9-14-6-3-7-21(14)20-13/h2,4-5,8-9H,3,6-7,10H2,1H3,(H,17,18). The van der Waals surface area contributed by atoms with Gasteiger partial charge in [-0.15, -0.1) is 10.2 Å². The second kappa shape index (κ2) is 6.33. The molecule has 4 rings (SSSR count). The van der Waals surface area contributed by atoms with Crippen molar-refractivity contribution in [2.45, 2.75) is 36.4 Å². The quantitative estimate of drug-likeness (QED) is 0.709. The van der Waals surface area contributed by atoms with Crippen molar-refractivity contribution in [2.75, 3.05) is 5.32 Å². The molecular formula is C16H17N5S2. The van der Waals surface area contributed by atoms with E-state index in [1.54, 1.807) is 23.1 Å². The van der Waals surface area contributed by atoms with Crippen molar-refractivity contribution in [2.24, 2.45) is 0 Å². The molecule has 23 heavy (non-hydrogen) atoms. The highest BCUT2D eigenvalue weighted by molar-refractivity contribution is 8.00. The number of fused-ring (bicyclic) bond motifs is 1. The van der Waals surface area contributed by atoms with Crippen LogP contribution >= 0.6 is 23.1 Å². The highest BCUT2D eigenvalue weighted by Crippen LogP contribution is 2.30.